The molecule has 178 valence electrons. The number of hydrogen-bond acceptors (Lipinski definition) is 2. The lowest BCUT2D eigenvalue weighted by atomic mass is 9.91. The molecule has 0 radical (unpaired) electrons. The molecule has 5 rings (SSSR count). The molecule has 0 aliphatic heterocycles. The first-order valence-electron chi connectivity index (χ1n) is 11.1. The van der Waals surface area contributed by atoms with Crippen molar-refractivity contribution in [2.45, 2.75) is 50.4 Å². The molecule has 2 aliphatic carbocycles. The second kappa shape index (κ2) is 8.54. The molecule has 1 unspecified atom stereocenters. The number of aromatic nitrogens is 1. The Hall–Kier alpha value is -3.20. The standard InChI is InChI=1S/C24H22ClF3N4O2/c25-19-7-4-15(11-18(19)24(26,27)28)31-23(34)30-14-5-8-20-17(10-14)16-6-1-12(9-21(16)32-20)22(33)29-13-2-3-13/h1,4,6-7,9,11,13-14,32H,2-3,5,8,10H2,(H,29,33)(H2,30,31,34). The van der Waals surface area contributed by atoms with Crippen molar-refractivity contribution >= 4 is 40.1 Å². The van der Waals surface area contributed by atoms with Crippen molar-refractivity contribution in [1.29, 1.82) is 0 Å². The van der Waals surface area contributed by atoms with E-state index in [4.69, 9.17) is 11.6 Å². The third-order valence-electron chi connectivity index (χ3n) is 6.23. The van der Waals surface area contributed by atoms with Crippen LogP contribution in [0.4, 0.5) is 23.7 Å². The topological polar surface area (TPSA) is 86.0 Å². The van der Waals surface area contributed by atoms with E-state index in [1.165, 1.54) is 6.07 Å². The number of hydrogen-bond donors (Lipinski definition) is 4. The summed E-state index contributed by atoms with van der Waals surface area (Å²) in [5.74, 6) is -0.0796. The highest BCUT2D eigenvalue weighted by Crippen LogP contribution is 2.36. The number of halogens is 4. The fourth-order valence-corrected chi connectivity index (χ4v) is 4.58. The third-order valence-corrected chi connectivity index (χ3v) is 6.56. The summed E-state index contributed by atoms with van der Waals surface area (Å²) < 4.78 is 39.2. The van der Waals surface area contributed by atoms with E-state index in [9.17, 15) is 22.8 Å². The third kappa shape index (κ3) is 4.70. The fraction of sp³-hybridized carbons (Fsp3) is 0.333. The van der Waals surface area contributed by atoms with Gasteiger partial charge in [-0.25, -0.2) is 4.79 Å². The number of urea groups is 1. The average molecular weight is 491 g/mol. The molecule has 1 heterocycles. The largest absolute Gasteiger partial charge is 0.417 e. The van der Waals surface area contributed by atoms with E-state index in [1.54, 1.807) is 6.07 Å². The maximum Gasteiger partial charge on any atom is 0.417 e. The van der Waals surface area contributed by atoms with Crippen molar-refractivity contribution in [3.63, 3.8) is 0 Å². The number of benzene rings is 2. The number of aryl methyl sites for hydroxylation is 1. The zero-order valence-electron chi connectivity index (χ0n) is 18.0. The minimum atomic E-state index is -4.61. The number of H-pyrrole nitrogens is 1. The van der Waals surface area contributed by atoms with E-state index in [0.717, 1.165) is 47.1 Å². The lowest BCUT2D eigenvalue weighted by Crippen LogP contribution is -2.41. The van der Waals surface area contributed by atoms with Gasteiger partial charge in [-0.3, -0.25) is 4.79 Å². The molecule has 34 heavy (non-hydrogen) atoms. The van der Waals surface area contributed by atoms with Gasteiger partial charge in [0.15, 0.2) is 0 Å². The molecular formula is C24H22ClF3N4O2. The second-order valence-electron chi connectivity index (χ2n) is 8.82. The van der Waals surface area contributed by atoms with Crippen LogP contribution in [0.1, 0.15) is 46.4 Å². The van der Waals surface area contributed by atoms with E-state index >= 15 is 0 Å². The molecule has 2 aliphatic rings. The number of fused-ring (bicyclic) bond motifs is 3. The lowest BCUT2D eigenvalue weighted by Gasteiger charge is -2.24. The number of carbonyl (C=O) groups is 2. The van der Waals surface area contributed by atoms with E-state index in [-0.39, 0.29) is 23.7 Å². The molecule has 4 N–H and O–H groups in total. The Morgan fingerprint density at radius 1 is 1.00 bits per heavy atom. The van der Waals surface area contributed by atoms with Crippen molar-refractivity contribution in [2.24, 2.45) is 0 Å². The van der Waals surface area contributed by atoms with Crippen molar-refractivity contribution in [3.8, 4) is 0 Å². The monoisotopic (exact) mass is 490 g/mol. The number of amides is 3. The summed E-state index contributed by atoms with van der Waals surface area (Å²) in [4.78, 5) is 28.2. The van der Waals surface area contributed by atoms with Crippen LogP contribution in [0.15, 0.2) is 36.4 Å². The van der Waals surface area contributed by atoms with Gasteiger partial charge in [-0.15, -0.1) is 0 Å². The van der Waals surface area contributed by atoms with Gasteiger partial charge in [-0.05, 0) is 68.0 Å². The van der Waals surface area contributed by atoms with Crippen LogP contribution < -0.4 is 16.0 Å². The first kappa shape index (κ1) is 22.6. The smallest absolute Gasteiger partial charge is 0.358 e. The van der Waals surface area contributed by atoms with Gasteiger partial charge in [0.1, 0.15) is 0 Å². The van der Waals surface area contributed by atoms with Gasteiger partial charge in [0, 0.05) is 39.9 Å². The van der Waals surface area contributed by atoms with Crippen LogP contribution in [0.25, 0.3) is 10.9 Å². The Kier molecular flexibility index (Phi) is 5.67. The zero-order valence-corrected chi connectivity index (χ0v) is 18.7. The molecule has 0 saturated heterocycles. The molecule has 3 amide bonds. The van der Waals surface area contributed by atoms with E-state index in [2.05, 4.69) is 20.9 Å². The van der Waals surface area contributed by atoms with E-state index < -0.39 is 22.8 Å². The summed E-state index contributed by atoms with van der Waals surface area (Å²) in [7, 11) is 0. The quantitative estimate of drug-likeness (QED) is 0.394. The summed E-state index contributed by atoms with van der Waals surface area (Å²) in [6.45, 7) is 0. The molecule has 0 spiro atoms. The normalized spacial score (nSPS) is 17.8. The molecular weight excluding hydrogens is 469 g/mol. The van der Waals surface area contributed by atoms with Crippen LogP contribution in [0.3, 0.4) is 0 Å². The SMILES string of the molecule is O=C(Nc1ccc(Cl)c(C(F)(F)F)c1)NC1CCc2[nH]c3cc(C(=O)NC4CC4)ccc3c2C1. The summed E-state index contributed by atoms with van der Waals surface area (Å²) in [5.41, 5.74) is 2.63. The van der Waals surface area contributed by atoms with Gasteiger partial charge in [0.2, 0.25) is 0 Å². The zero-order chi connectivity index (χ0) is 24.0. The Labute approximate surface area is 198 Å². The number of rotatable bonds is 4. The summed E-state index contributed by atoms with van der Waals surface area (Å²) in [6, 6.07) is 8.34. The van der Waals surface area contributed by atoms with Gasteiger partial charge < -0.3 is 20.9 Å². The molecule has 1 fully saturated rings. The lowest BCUT2D eigenvalue weighted by molar-refractivity contribution is -0.137. The molecule has 1 saturated carbocycles. The summed E-state index contributed by atoms with van der Waals surface area (Å²) >= 11 is 5.64. The van der Waals surface area contributed by atoms with Crippen LogP contribution in [0.5, 0.6) is 0 Å². The average Bonchev–Trinajstić information content (AvgIpc) is 3.52. The van der Waals surface area contributed by atoms with Crippen molar-refractivity contribution in [2.75, 3.05) is 5.32 Å². The van der Waals surface area contributed by atoms with Crippen LogP contribution in [-0.2, 0) is 19.0 Å². The van der Waals surface area contributed by atoms with Crippen LogP contribution in [-0.4, -0.2) is 29.0 Å². The number of nitrogens with one attached hydrogen (secondary N) is 4. The minimum absolute atomic E-state index is 0.00909. The number of alkyl halides is 3. The second-order valence-corrected chi connectivity index (χ2v) is 9.23. The summed E-state index contributed by atoms with van der Waals surface area (Å²) in [6.07, 6.45) is -0.611. The Morgan fingerprint density at radius 2 is 1.79 bits per heavy atom. The molecule has 1 atom stereocenters. The van der Waals surface area contributed by atoms with E-state index in [0.29, 0.717) is 24.8 Å². The number of anilines is 1. The van der Waals surface area contributed by atoms with Gasteiger partial charge >= 0.3 is 12.2 Å². The Bertz CT molecular complexity index is 1280. The predicted octanol–water partition coefficient (Wildman–Crippen LogP) is 5.41. The first-order valence-corrected chi connectivity index (χ1v) is 11.4. The van der Waals surface area contributed by atoms with Gasteiger partial charge in [-0.2, -0.15) is 13.2 Å². The van der Waals surface area contributed by atoms with Gasteiger partial charge in [0.05, 0.1) is 10.6 Å². The predicted molar refractivity (Wildman–Crippen MR) is 123 cm³/mol. The van der Waals surface area contributed by atoms with Crippen molar-refractivity contribution < 1.29 is 22.8 Å². The van der Waals surface area contributed by atoms with Crippen LogP contribution >= 0.6 is 11.6 Å². The maximum absolute atomic E-state index is 13.1. The van der Waals surface area contributed by atoms with Gasteiger partial charge in [0.25, 0.3) is 5.91 Å². The Balaban J connectivity index is 1.26. The number of carbonyl (C=O) groups excluding carboxylic acids is 2. The molecule has 1 aromatic heterocycles. The molecule has 3 aromatic rings. The Morgan fingerprint density at radius 3 is 2.53 bits per heavy atom. The van der Waals surface area contributed by atoms with Crippen molar-refractivity contribution in [1.82, 2.24) is 15.6 Å². The molecule has 0 bridgehead atoms. The first-order chi connectivity index (χ1) is 16.2. The van der Waals surface area contributed by atoms with Crippen LogP contribution in [0.2, 0.25) is 5.02 Å². The highest BCUT2D eigenvalue weighted by molar-refractivity contribution is 6.31. The summed E-state index contributed by atoms with van der Waals surface area (Å²) in [5, 5.41) is 8.87. The van der Waals surface area contributed by atoms with Crippen molar-refractivity contribution in [3.05, 3.63) is 63.8 Å². The minimum Gasteiger partial charge on any atom is -0.358 e. The molecule has 6 nitrogen and oxygen atoms in total. The highest BCUT2D eigenvalue weighted by atomic mass is 35.5. The molecule has 2 aromatic carbocycles. The highest BCUT2D eigenvalue weighted by Gasteiger charge is 2.33. The van der Waals surface area contributed by atoms with Gasteiger partial charge in [-0.1, -0.05) is 17.7 Å². The molecule has 10 heteroatoms. The van der Waals surface area contributed by atoms with Crippen LogP contribution in [0, 0.1) is 0 Å². The fourth-order valence-electron chi connectivity index (χ4n) is 4.36. The number of aromatic amines is 1. The maximum atomic E-state index is 13.1. The van der Waals surface area contributed by atoms with E-state index in [1.807, 2.05) is 12.1 Å².